The molecule has 2 saturated heterocycles. The van der Waals surface area contributed by atoms with E-state index >= 15 is 0 Å². The molecule has 2 amide bonds. The minimum absolute atomic E-state index is 0.0730. The van der Waals surface area contributed by atoms with Crippen LogP contribution >= 0.6 is 0 Å². The van der Waals surface area contributed by atoms with Gasteiger partial charge in [0.05, 0.1) is 6.04 Å². The van der Waals surface area contributed by atoms with Crippen molar-refractivity contribution in [2.75, 3.05) is 39.8 Å². The topological polar surface area (TPSA) is 43.9 Å². The molecule has 0 spiro atoms. The normalized spacial score (nSPS) is 28.6. The summed E-state index contributed by atoms with van der Waals surface area (Å²) in [6.45, 7) is 3.88. The molecule has 112 valence electrons. The number of likely N-dealkylation sites (N-methyl/N-ethyl adjacent to an activating group) is 1. The number of nitrogens with zero attached hydrogens (tertiary/aromatic N) is 3. The van der Waals surface area contributed by atoms with Crippen LogP contribution in [0.4, 0.5) is 0 Å². The second kappa shape index (κ2) is 5.72. The summed E-state index contributed by atoms with van der Waals surface area (Å²) in [6, 6.07) is 0.0730. The molecule has 1 atom stereocenters. The fourth-order valence-corrected chi connectivity index (χ4v) is 3.49. The van der Waals surface area contributed by atoms with Crippen molar-refractivity contribution in [3.63, 3.8) is 0 Å². The first kappa shape index (κ1) is 13.9. The van der Waals surface area contributed by atoms with E-state index in [2.05, 4.69) is 4.90 Å². The fourth-order valence-electron chi connectivity index (χ4n) is 3.49. The number of amides is 2. The highest BCUT2D eigenvalue weighted by Crippen LogP contribution is 2.28. The Morgan fingerprint density at radius 3 is 1.85 bits per heavy atom. The molecule has 0 radical (unpaired) electrons. The molecule has 3 rings (SSSR count). The molecule has 5 nitrogen and oxygen atoms in total. The van der Waals surface area contributed by atoms with Gasteiger partial charge in [0.15, 0.2) is 0 Å². The minimum Gasteiger partial charge on any atom is -0.339 e. The number of carbonyl (C=O) groups excluding carboxylic acids is 2. The molecule has 3 fully saturated rings. The van der Waals surface area contributed by atoms with Gasteiger partial charge in [0.2, 0.25) is 11.8 Å². The minimum atomic E-state index is 0.0730. The van der Waals surface area contributed by atoms with E-state index in [1.165, 1.54) is 6.42 Å². The zero-order valence-corrected chi connectivity index (χ0v) is 12.4. The number of hydrogen-bond acceptors (Lipinski definition) is 3. The Morgan fingerprint density at radius 2 is 1.40 bits per heavy atom. The van der Waals surface area contributed by atoms with E-state index in [9.17, 15) is 9.59 Å². The van der Waals surface area contributed by atoms with E-state index in [1.54, 1.807) is 0 Å². The van der Waals surface area contributed by atoms with Gasteiger partial charge < -0.3 is 9.80 Å². The predicted molar refractivity (Wildman–Crippen MR) is 76.2 cm³/mol. The molecule has 0 unspecified atom stereocenters. The zero-order valence-electron chi connectivity index (χ0n) is 12.4. The van der Waals surface area contributed by atoms with Gasteiger partial charge in [0.1, 0.15) is 0 Å². The Hall–Kier alpha value is -1.10. The Morgan fingerprint density at radius 1 is 0.800 bits per heavy atom. The second-order valence-corrected chi connectivity index (χ2v) is 6.42. The van der Waals surface area contributed by atoms with Crippen molar-refractivity contribution in [3.8, 4) is 0 Å². The largest absolute Gasteiger partial charge is 0.339 e. The standard InChI is InChI=1S/C15H25N3O2/c1-16-7-3-6-13(16)15(20)18-10-8-17(9-11-18)14(19)12-4-2-5-12/h12-13H,2-11H2,1H3/t13-/m0/s1. The van der Waals surface area contributed by atoms with Gasteiger partial charge in [-0.2, -0.15) is 0 Å². The Labute approximate surface area is 120 Å². The fraction of sp³-hybridized carbons (Fsp3) is 0.867. The average molecular weight is 279 g/mol. The summed E-state index contributed by atoms with van der Waals surface area (Å²) in [6.07, 6.45) is 5.42. The van der Waals surface area contributed by atoms with Crippen LogP contribution in [0.1, 0.15) is 32.1 Å². The summed E-state index contributed by atoms with van der Waals surface area (Å²) >= 11 is 0. The summed E-state index contributed by atoms with van der Waals surface area (Å²) in [5, 5.41) is 0. The molecule has 2 heterocycles. The van der Waals surface area contributed by atoms with Crippen LogP contribution in [0, 0.1) is 5.92 Å². The van der Waals surface area contributed by atoms with Crippen LogP contribution in [0.3, 0.4) is 0 Å². The van der Waals surface area contributed by atoms with Gasteiger partial charge in [-0.1, -0.05) is 6.42 Å². The van der Waals surface area contributed by atoms with E-state index in [0.29, 0.717) is 19.0 Å². The second-order valence-electron chi connectivity index (χ2n) is 6.42. The first-order chi connectivity index (χ1) is 9.66. The predicted octanol–water partition coefficient (Wildman–Crippen LogP) is 0.551. The van der Waals surface area contributed by atoms with E-state index < -0.39 is 0 Å². The van der Waals surface area contributed by atoms with Gasteiger partial charge in [-0.3, -0.25) is 14.5 Å². The van der Waals surface area contributed by atoms with Gasteiger partial charge >= 0.3 is 0 Å². The van der Waals surface area contributed by atoms with Crippen molar-refractivity contribution in [2.45, 2.75) is 38.1 Å². The Balaban J connectivity index is 1.50. The first-order valence-electron chi connectivity index (χ1n) is 7.94. The summed E-state index contributed by atoms with van der Waals surface area (Å²) in [5.74, 6) is 0.861. The molecule has 5 heteroatoms. The Kier molecular flexibility index (Phi) is 3.96. The lowest BCUT2D eigenvalue weighted by Gasteiger charge is -2.39. The van der Waals surface area contributed by atoms with Crippen molar-refractivity contribution >= 4 is 11.8 Å². The Bertz CT molecular complexity index is 387. The molecule has 0 N–H and O–H groups in total. The third-order valence-corrected chi connectivity index (χ3v) is 5.16. The van der Waals surface area contributed by atoms with Crippen LogP contribution in [-0.2, 0) is 9.59 Å². The molecule has 3 aliphatic rings. The molecule has 1 aliphatic carbocycles. The summed E-state index contributed by atoms with van der Waals surface area (Å²) in [5.41, 5.74) is 0. The lowest BCUT2D eigenvalue weighted by molar-refractivity contribution is -0.145. The van der Waals surface area contributed by atoms with Crippen LogP contribution in [0.2, 0.25) is 0 Å². The zero-order chi connectivity index (χ0) is 14.1. The van der Waals surface area contributed by atoms with Gasteiger partial charge in [-0.05, 0) is 39.3 Å². The molecule has 0 aromatic carbocycles. The lowest BCUT2D eigenvalue weighted by Crippen LogP contribution is -2.55. The van der Waals surface area contributed by atoms with E-state index in [4.69, 9.17) is 0 Å². The maximum Gasteiger partial charge on any atom is 0.240 e. The van der Waals surface area contributed by atoms with Crippen LogP contribution < -0.4 is 0 Å². The molecular weight excluding hydrogens is 254 g/mol. The van der Waals surface area contributed by atoms with Crippen molar-refractivity contribution < 1.29 is 9.59 Å². The molecule has 0 aromatic rings. The SMILES string of the molecule is CN1CCC[C@H]1C(=O)N1CCN(C(=O)C2CCC2)CC1. The summed E-state index contributed by atoms with van der Waals surface area (Å²) in [4.78, 5) is 30.7. The van der Waals surface area contributed by atoms with E-state index in [0.717, 1.165) is 45.3 Å². The highest BCUT2D eigenvalue weighted by atomic mass is 16.2. The number of hydrogen-bond donors (Lipinski definition) is 0. The molecule has 20 heavy (non-hydrogen) atoms. The molecule has 0 bridgehead atoms. The lowest BCUT2D eigenvalue weighted by atomic mass is 9.84. The smallest absolute Gasteiger partial charge is 0.240 e. The van der Waals surface area contributed by atoms with Gasteiger partial charge in [0.25, 0.3) is 0 Å². The van der Waals surface area contributed by atoms with Crippen LogP contribution in [0.5, 0.6) is 0 Å². The third kappa shape index (κ3) is 2.55. The highest BCUT2D eigenvalue weighted by molar-refractivity contribution is 5.83. The van der Waals surface area contributed by atoms with Crippen LogP contribution in [0.25, 0.3) is 0 Å². The first-order valence-corrected chi connectivity index (χ1v) is 7.94. The quantitative estimate of drug-likeness (QED) is 0.741. The van der Waals surface area contributed by atoms with E-state index in [-0.39, 0.29) is 17.9 Å². The maximum absolute atomic E-state index is 12.5. The number of carbonyl (C=O) groups is 2. The average Bonchev–Trinajstić information content (AvgIpc) is 2.82. The van der Waals surface area contributed by atoms with Crippen molar-refractivity contribution in [2.24, 2.45) is 5.92 Å². The number of likely N-dealkylation sites (tertiary alicyclic amines) is 1. The number of rotatable bonds is 2. The van der Waals surface area contributed by atoms with Gasteiger partial charge in [0, 0.05) is 32.1 Å². The molecule has 1 saturated carbocycles. The van der Waals surface area contributed by atoms with Crippen molar-refractivity contribution in [1.29, 1.82) is 0 Å². The third-order valence-electron chi connectivity index (χ3n) is 5.16. The highest BCUT2D eigenvalue weighted by Gasteiger charge is 2.35. The molecule has 0 aromatic heterocycles. The summed E-state index contributed by atoms with van der Waals surface area (Å²) in [7, 11) is 2.03. The van der Waals surface area contributed by atoms with E-state index in [1.807, 2.05) is 16.8 Å². The van der Waals surface area contributed by atoms with Crippen LogP contribution in [0.15, 0.2) is 0 Å². The molecular formula is C15H25N3O2. The maximum atomic E-state index is 12.5. The summed E-state index contributed by atoms with van der Waals surface area (Å²) < 4.78 is 0. The van der Waals surface area contributed by atoms with Crippen molar-refractivity contribution in [1.82, 2.24) is 14.7 Å². The van der Waals surface area contributed by atoms with Crippen LogP contribution in [-0.4, -0.2) is 72.3 Å². The van der Waals surface area contributed by atoms with Crippen molar-refractivity contribution in [3.05, 3.63) is 0 Å². The monoisotopic (exact) mass is 279 g/mol. The molecule has 2 aliphatic heterocycles. The van der Waals surface area contributed by atoms with Gasteiger partial charge in [-0.15, -0.1) is 0 Å². The number of piperazine rings is 1. The van der Waals surface area contributed by atoms with Gasteiger partial charge in [-0.25, -0.2) is 0 Å².